The molecular weight excluding hydrogens is 256 g/mol. The number of hydrogen-bond acceptors (Lipinski definition) is 4. The smallest absolute Gasteiger partial charge is 0.303 e. The maximum atomic E-state index is 10.5. The van der Waals surface area contributed by atoms with Crippen LogP contribution in [0.5, 0.6) is 0 Å². The van der Waals surface area contributed by atoms with Crippen molar-refractivity contribution >= 4 is 5.97 Å². The molecule has 0 bridgehead atoms. The van der Waals surface area contributed by atoms with Gasteiger partial charge in [0.15, 0.2) is 0 Å². The maximum Gasteiger partial charge on any atom is 0.303 e. The van der Waals surface area contributed by atoms with E-state index in [1.165, 1.54) is 0 Å². The summed E-state index contributed by atoms with van der Waals surface area (Å²) in [6.07, 6.45) is 1.10. The van der Waals surface area contributed by atoms with Crippen molar-refractivity contribution in [3.63, 3.8) is 0 Å². The van der Waals surface area contributed by atoms with Crippen LogP contribution < -0.4 is 0 Å². The summed E-state index contributed by atoms with van der Waals surface area (Å²) in [5.74, 6) is 0.230. The SMILES string of the molecule is CC(C)(c1ccccc1)c1nnc(CCCC(=O)O)o1. The topological polar surface area (TPSA) is 76.2 Å². The predicted molar refractivity (Wildman–Crippen MR) is 73.4 cm³/mol. The summed E-state index contributed by atoms with van der Waals surface area (Å²) >= 11 is 0. The molecule has 1 aromatic carbocycles. The molecule has 2 aromatic rings. The van der Waals surface area contributed by atoms with Crippen molar-refractivity contribution in [2.24, 2.45) is 0 Å². The third-order valence-electron chi connectivity index (χ3n) is 3.28. The summed E-state index contributed by atoms with van der Waals surface area (Å²) in [6, 6.07) is 9.95. The number of benzene rings is 1. The molecule has 20 heavy (non-hydrogen) atoms. The predicted octanol–water partition coefficient (Wildman–Crippen LogP) is 2.80. The summed E-state index contributed by atoms with van der Waals surface area (Å²) in [5.41, 5.74) is 0.736. The summed E-state index contributed by atoms with van der Waals surface area (Å²) < 4.78 is 5.67. The number of hydrogen-bond donors (Lipinski definition) is 1. The minimum absolute atomic E-state index is 0.111. The highest BCUT2D eigenvalue weighted by atomic mass is 16.4. The molecule has 1 aromatic heterocycles. The largest absolute Gasteiger partial charge is 0.481 e. The molecule has 0 unspecified atom stereocenters. The van der Waals surface area contributed by atoms with Crippen LogP contribution >= 0.6 is 0 Å². The number of carboxylic acid groups (broad SMARTS) is 1. The maximum absolute atomic E-state index is 10.5. The van der Waals surface area contributed by atoms with E-state index in [1.54, 1.807) is 0 Å². The van der Waals surface area contributed by atoms with Gasteiger partial charge in [0, 0.05) is 12.8 Å². The normalized spacial score (nSPS) is 11.5. The third kappa shape index (κ3) is 3.23. The van der Waals surface area contributed by atoms with Gasteiger partial charge in [-0.1, -0.05) is 30.3 Å². The zero-order valence-corrected chi connectivity index (χ0v) is 11.7. The highest BCUT2D eigenvalue weighted by molar-refractivity contribution is 5.66. The van der Waals surface area contributed by atoms with E-state index in [0.717, 1.165) is 5.56 Å². The van der Waals surface area contributed by atoms with Gasteiger partial charge in [0.25, 0.3) is 0 Å². The summed E-state index contributed by atoms with van der Waals surface area (Å²) in [4.78, 5) is 10.5. The van der Waals surface area contributed by atoms with Gasteiger partial charge in [-0.15, -0.1) is 10.2 Å². The molecular formula is C15H18N2O3. The average molecular weight is 274 g/mol. The number of rotatable bonds is 6. The second kappa shape index (κ2) is 5.86. The van der Waals surface area contributed by atoms with Gasteiger partial charge in [0.1, 0.15) is 0 Å². The molecule has 106 valence electrons. The Morgan fingerprint density at radius 3 is 2.60 bits per heavy atom. The van der Waals surface area contributed by atoms with E-state index in [2.05, 4.69) is 10.2 Å². The first kappa shape index (κ1) is 14.2. The Kier molecular flexibility index (Phi) is 4.17. The molecule has 0 spiro atoms. The second-order valence-corrected chi connectivity index (χ2v) is 5.24. The van der Waals surface area contributed by atoms with Crippen molar-refractivity contribution in [3.8, 4) is 0 Å². The minimum atomic E-state index is -0.811. The van der Waals surface area contributed by atoms with Crippen LogP contribution in [0, 0.1) is 0 Å². The Morgan fingerprint density at radius 1 is 1.25 bits per heavy atom. The van der Waals surface area contributed by atoms with E-state index in [9.17, 15) is 4.79 Å². The van der Waals surface area contributed by atoms with Crippen LogP contribution in [-0.4, -0.2) is 21.3 Å². The molecule has 0 aliphatic rings. The molecule has 0 aliphatic carbocycles. The van der Waals surface area contributed by atoms with E-state index in [0.29, 0.717) is 24.6 Å². The highest BCUT2D eigenvalue weighted by Gasteiger charge is 2.29. The zero-order valence-electron chi connectivity index (χ0n) is 11.7. The van der Waals surface area contributed by atoms with Crippen LogP contribution in [0.25, 0.3) is 0 Å². The molecule has 1 heterocycles. The number of carbonyl (C=O) groups is 1. The fourth-order valence-corrected chi connectivity index (χ4v) is 1.98. The Bertz CT molecular complexity index is 576. The van der Waals surface area contributed by atoms with Gasteiger partial charge >= 0.3 is 5.97 Å². The Hall–Kier alpha value is -2.17. The third-order valence-corrected chi connectivity index (χ3v) is 3.28. The summed E-state index contributed by atoms with van der Waals surface area (Å²) in [6.45, 7) is 4.05. The lowest BCUT2D eigenvalue weighted by Crippen LogP contribution is -2.19. The van der Waals surface area contributed by atoms with Gasteiger partial charge in [-0.2, -0.15) is 0 Å². The van der Waals surface area contributed by atoms with Crippen LogP contribution in [-0.2, 0) is 16.6 Å². The fraction of sp³-hybridized carbons (Fsp3) is 0.400. The van der Waals surface area contributed by atoms with Crippen molar-refractivity contribution in [3.05, 3.63) is 47.7 Å². The van der Waals surface area contributed by atoms with Crippen LogP contribution in [0.15, 0.2) is 34.7 Å². The molecule has 0 atom stereocenters. The highest BCUT2D eigenvalue weighted by Crippen LogP contribution is 2.30. The van der Waals surface area contributed by atoms with Crippen LogP contribution in [0.3, 0.4) is 0 Å². The monoisotopic (exact) mass is 274 g/mol. The summed E-state index contributed by atoms with van der Waals surface area (Å²) in [5, 5.41) is 16.7. The van der Waals surface area contributed by atoms with Gasteiger partial charge < -0.3 is 9.52 Å². The lowest BCUT2D eigenvalue weighted by Gasteiger charge is -2.20. The van der Waals surface area contributed by atoms with Gasteiger partial charge in [-0.05, 0) is 25.8 Å². The minimum Gasteiger partial charge on any atom is -0.481 e. The molecule has 0 amide bonds. The second-order valence-electron chi connectivity index (χ2n) is 5.24. The van der Waals surface area contributed by atoms with E-state index in [1.807, 2.05) is 44.2 Å². The van der Waals surface area contributed by atoms with Gasteiger partial charge in [-0.25, -0.2) is 0 Å². The van der Waals surface area contributed by atoms with Crippen molar-refractivity contribution in [2.45, 2.75) is 38.5 Å². The first-order valence-electron chi connectivity index (χ1n) is 6.60. The molecule has 0 saturated heterocycles. The lowest BCUT2D eigenvalue weighted by atomic mass is 9.85. The van der Waals surface area contributed by atoms with Crippen molar-refractivity contribution in [2.75, 3.05) is 0 Å². The van der Waals surface area contributed by atoms with Crippen LogP contribution in [0.1, 0.15) is 44.0 Å². The first-order chi connectivity index (χ1) is 9.50. The number of carboxylic acids is 1. The molecule has 1 N–H and O–H groups in total. The van der Waals surface area contributed by atoms with E-state index < -0.39 is 5.97 Å². The molecule has 0 fully saturated rings. The molecule has 2 rings (SSSR count). The quantitative estimate of drug-likeness (QED) is 0.876. The standard InChI is InChI=1S/C15H18N2O3/c1-15(2,11-7-4-3-5-8-11)14-17-16-12(20-14)9-6-10-13(18)19/h3-5,7-8H,6,9-10H2,1-2H3,(H,18,19). The van der Waals surface area contributed by atoms with Gasteiger partial charge in [0.05, 0.1) is 5.41 Å². The Balaban J connectivity index is 2.10. The van der Waals surface area contributed by atoms with E-state index in [4.69, 9.17) is 9.52 Å². The summed E-state index contributed by atoms with van der Waals surface area (Å²) in [7, 11) is 0. The Morgan fingerprint density at radius 2 is 1.95 bits per heavy atom. The molecule has 0 aliphatic heterocycles. The van der Waals surface area contributed by atoms with Gasteiger partial charge in [0.2, 0.25) is 11.8 Å². The van der Waals surface area contributed by atoms with Gasteiger partial charge in [-0.3, -0.25) is 4.79 Å². The van der Waals surface area contributed by atoms with Crippen molar-refractivity contribution < 1.29 is 14.3 Å². The average Bonchev–Trinajstić information content (AvgIpc) is 2.89. The molecule has 5 heteroatoms. The fourth-order valence-electron chi connectivity index (χ4n) is 1.98. The Labute approximate surface area is 117 Å². The van der Waals surface area contributed by atoms with Crippen LogP contribution in [0.4, 0.5) is 0 Å². The van der Waals surface area contributed by atoms with E-state index in [-0.39, 0.29) is 11.8 Å². The van der Waals surface area contributed by atoms with E-state index >= 15 is 0 Å². The lowest BCUT2D eigenvalue weighted by molar-refractivity contribution is -0.137. The number of nitrogens with zero attached hydrogens (tertiary/aromatic N) is 2. The zero-order chi connectivity index (χ0) is 14.6. The van der Waals surface area contributed by atoms with Crippen molar-refractivity contribution in [1.82, 2.24) is 10.2 Å². The molecule has 5 nitrogen and oxygen atoms in total. The number of aliphatic carboxylic acids is 1. The molecule has 0 radical (unpaired) electrons. The first-order valence-corrected chi connectivity index (χ1v) is 6.60. The number of aryl methyl sites for hydroxylation is 1. The van der Waals surface area contributed by atoms with Crippen molar-refractivity contribution in [1.29, 1.82) is 0 Å². The number of aromatic nitrogens is 2. The molecule has 0 saturated carbocycles. The van der Waals surface area contributed by atoms with Crippen LogP contribution in [0.2, 0.25) is 0 Å².